The number of nitrogens with two attached hydrogens (primary N) is 1. The highest BCUT2D eigenvalue weighted by atomic mass is 32.1. The zero-order valence-corrected chi connectivity index (χ0v) is 12.8. The molecular weight excluding hydrogens is 276 g/mol. The monoisotopic (exact) mass is 296 g/mol. The Morgan fingerprint density at radius 1 is 1.35 bits per heavy atom. The molecule has 0 aliphatic rings. The highest BCUT2D eigenvalue weighted by Gasteiger charge is 2.11. The van der Waals surface area contributed by atoms with E-state index in [0.717, 1.165) is 5.56 Å². The fourth-order valence-electron chi connectivity index (χ4n) is 1.85. The predicted molar refractivity (Wildman–Crippen MR) is 82.3 cm³/mol. The van der Waals surface area contributed by atoms with Crippen LogP contribution in [0.25, 0.3) is 0 Å². The van der Waals surface area contributed by atoms with Crippen molar-refractivity contribution >= 4 is 23.1 Å². The van der Waals surface area contributed by atoms with E-state index in [4.69, 9.17) is 27.4 Å². The molecule has 1 aromatic rings. The molecule has 0 bridgehead atoms. The van der Waals surface area contributed by atoms with Gasteiger partial charge in [0.05, 0.1) is 25.6 Å². The predicted octanol–water partition coefficient (Wildman–Crippen LogP) is 1.43. The van der Waals surface area contributed by atoms with Crippen LogP contribution in [0.15, 0.2) is 18.2 Å². The van der Waals surface area contributed by atoms with Crippen LogP contribution in [-0.4, -0.2) is 31.2 Å². The first kappa shape index (κ1) is 16.2. The maximum absolute atomic E-state index is 11.9. The molecular formula is C14H20N2O3S. The molecule has 0 aliphatic carbocycles. The van der Waals surface area contributed by atoms with Gasteiger partial charge in [0.15, 0.2) is 11.5 Å². The van der Waals surface area contributed by atoms with Gasteiger partial charge in [-0.1, -0.05) is 18.3 Å². The summed E-state index contributed by atoms with van der Waals surface area (Å²) in [6, 6.07) is 5.33. The maximum atomic E-state index is 11.9. The van der Waals surface area contributed by atoms with Crippen molar-refractivity contribution in [2.75, 3.05) is 14.2 Å². The van der Waals surface area contributed by atoms with Crippen LogP contribution >= 0.6 is 12.2 Å². The molecule has 0 saturated heterocycles. The second-order valence-electron chi connectivity index (χ2n) is 4.51. The van der Waals surface area contributed by atoms with Crippen LogP contribution in [0.3, 0.4) is 0 Å². The molecule has 0 aliphatic heterocycles. The quantitative estimate of drug-likeness (QED) is 0.745. The minimum Gasteiger partial charge on any atom is -0.493 e. The van der Waals surface area contributed by atoms with E-state index in [0.29, 0.717) is 22.9 Å². The number of amides is 1. The molecule has 3 N–H and O–H groups in total. The molecule has 110 valence electrons. The van der Waals surface area contributed by atoms with Crippen molar-refractivity contribution < 1.29 is 14.3 Å². The van der Waals surface area contributed by atoms with Gasteiger partial charge in [0.25, 0.3) is 0 Å². The SMILES string of the molecule is COc1ccc(CC(=O)NC(C)CC(N)=S)cc1OC. The smallest absolute Gasteiger partial charge is 0.224 e. The van der Waals surface area contributed by atoms with Crippen molar-refractivity contribution in [3.05, 3.63) is 23.8 Å². The molecule has 1 aromatic carbocycles. The van der Waals surface area contributed by atoms with E-state index in [9.17, 15) is 4.79 Å². The van der Waals surface area contributed by atoms with Gasteiger partial charge in [-0.15, -0.1) is 0 Å². The number of ether oxygens (including phenoxy) is 2. The first-order chi connectivity index (χ1) is 9.46. The second-order valence-corrected chi connectivity index (χ2v) is 5.03. The van der Waals surface area contributed by atoms with Gasteiger partial charge in [-0.05, 0) is 24.6 Å². The van der Waals surface area contributed by atoms with E-state index in [1.54, 1.807) is 26.4 Å². The summed E-state index contributed by atoms with van der Waals surface area (Å²) in [7, 11) is 3.13. The van der Waals surface area contributed by atoms with Crippen molar-refractivity contribution in [1.29, 1.82) is 0 Å². The number of hydrogen-bond donors (Lipinski definition) is 2. The van der Waals surface area contributed by atoms with Crippen LogP contribution in [0.2, 0.25) is 0 Å². The van der Waals surface area contributed by atoms with Crippen LogP contribution in [0.5, 0.6) is 11.5 Å². The van der Waals surface area contributed by atoms with Gasteiger partial charge in [-0.3, -0.25) is 4.79 Å². The molecule has 6 heteroatoms. The maximum Gasteiger partial charge on any atom is 0.224 e. The molecule has 0 saturated carbocycles. The summed E-state index contributed by atoms with van der Waals surface area (Å²) >= 11 is 4.81. The van der Waals surface area contributed by atoms with E-state index in [2.05, 4.69) is 5.32 Å². The molecule has 1 amide bonds. The Hall–Kier alpha value is -1.82. The first-order valence-corrected chi connectivity index (χ1v) is 6.65. The van der Waals surface area contributed by atoms with Crippen molar-refractivity contribution in [3.8, 4) is 11.5 Å². The summed E-state index contributed by atoms with van der Waals surface area (Å²) in [5, 5.41) is 2.85. The van der Waals surface area contributed by atoms with Gasteiger partial charge in [-0.25, -0.2) is 0 Å². The van der Waals surface area contributed by atoms with Gasteiger partial charge < -0.3 is 20.5 Å². The molecule has 0 spiro atoms. The van der Waals surface area contributed by atoms with Gasteiger partial charge in [-0.2, -0.15) is 0 Å². The normalized spacial score (nSPS) is 11.6. The number of carbonyl (C=O) groups is 1. The second kappa shape index (κ2) is 7.69. The molecule has 0 aromatic heterocycles. The summed E-state index contributed by atoms with van der Waals surface area (Å²) < 4.78 is 10.4. The summed E-state index contributed by atoms with van der Waals surface area (Å²) in [6.45, 7) is 1.87. The summed E-state index contributed by atoms with van der Waals surface area (Å²) in [4.78, 5) is 12.3. The van der Waals surface area contributed by atoms with Crippen LogP contribution in [-0.2, 0) is 11.2 Å². The van der Waals surface area contributed by atoms with Gasteiger partial charge in [0, 0.05) is 12.5 Å². The molecule has 0 radical (unpaired) electrons. The highest BCUT2D eigenvalue weighted by molar-refractivity contribution is 7.80. The number of methoxy groups -OCH3 is 2. The lowest BCUT2D eigenvalue weighted by Crippen LogP contribution is -2.36. The number of benzene rings is 1. The number of rotatable bonds is 7. The minimum atomic E-state index is -0.0824. The molecule has 20 heavy (non-hydrogen) atoms. The van der Waals surface area contributed by atoms with E-state index < -0.39 is 0 Å². The summed E-state index contributed by atoms with van der Waals surface area (Å²) in [6.07, 6.45) is 0.759. The van der Waals surface area contributed by atoms with Crippen molar-refractivity contribution in [2.24, 2.45) is 5.73 Å². The number of carbonyl (C=O) groups excluding carboxylic acids is 1. The standard InChI is InChI=1S/C14H20N2O3S/c1-9(6-13(15)20)16-14(17)8-10-4-5-11(18-2)12(7-10)19-3/h4-5,7,9H,6,8H2,1-3H3,(H2,15,20)(H,16,17). The zero-order chi connectivity index (χ0) is 15.1. The molecule has 0 fully saturated rings. The van der Waals surface area contributed by atoms with E-state index >= 15 is 0 Å². The largest absolute Gasteiger partial charge is 0.493 e. The minimum absolute atomic E-state index is 0.0693. The highest BCUT2D eigenvalue weighted by Crippen LogP contribution is 2.27. The molecule has 1 atom stereocenters. The third kappa shape index (κ3) is 5.05. The molecule has 5 nitrogen and oxygen atoms in total. The Balaban J connectivity index is 2.64. The van der Waals surface area contributed by atoms with Gasteiger partial charge in [0.2, 0.25) is 5.91 Å². The van der Waals surface area contributed by atoms with Gasteiger partial charge >= 0.3 is 0 Å². The lowest BCUT2D eigenvalue weighted by atomic mass is 10.1. The van der Waals surface area contributed by atoms with Crippen LogP contribution in [0, 0.1) is 0 Å². The van der Waals surface area contributed by atoms with E-state index in [-0.39, 0.29) is 18.4 Å². The van der Waals surface area contributed by atoms with Crippen molar-refractivity contribution in [2.45, 2.75) is 25.8 Å². The third-order valence-corrected chi connectivity index (χ3v) is 2.89. The Morgan fingerprint density at radius 3 is 2.55 bits per heavy atom. The average molecular weight is 296 g/mol. The lowest BCUT2D eigenvalue weighted by molar-refractivity contribution is -0.120. The van der Waals surface area contributed by atoms with Crippen LogP contribution in [0.4, 0.5) is 0 Å². The van der Waals surface area contributed by atoms with E-state index in [1.165, 1.54) is 0 Å². The Kier molecular flexibility index (Phi) is 6.24. The average Bonchev–Trinajstić information content (AvgIpc) is 2.37. The Morgan fingerprint density at radius 2 is 2.00 bits per heavy atom. The summed E-state index contributed by atoms with van der Waals surface area (Å²) in [5.41, 5.74) is 6.29. The van der Waals surface area contributed by atoms with Crippen LogP contribution in [0.1, 0.15) is 18.9 Å². The van der Waals surface area contributed by atoms with Gasteiger partial charge in [0.1, 0.15) is 0 Å². The van der Waals surface area contributed by atoms with Crippen molar-refractivity contribution in [3.63, 3.8) is 0 Å². The summed E-state index contributed by atoms with van der Waals surface area (Å²) in [5.74, 6) is 1.16. The zero-order valence-electron chi connectivity index (χ0n) is 11.9. The van der Waals surface area contributed by atoms with Crippen molar-refractivity contribution in [1.82, 2.24) is 5.32 Å². The fourth-order valence-corrected chi connectivity index (χ4v) is 2.10. The number of hydrogen-bond acceptors (Lipinski definition) is 4. The fraction of sp³-hybridized carbons (Fsp3) is 0.429. The topological polar surface area (TPSA) is 73.6 Å². The molecule has 0 heterocycles. The Bertz CT molecular complexity index is 491. The first-order valence-electron chi connectivity index (χ1n) is 6.24. The third-order valence-electron chi connectivity index (χ3n) is 2.73. The molecule has 1 unspecified atom stereocenters. The van der Waals surface area contributed by atoms with Crippen LogP contribution < -0.4 is 20.5 Å². The van der Waals surface area contributed by atoms with E-state index in [1.807, 2.05) is 13.0 Å². The number of nitrogens with one attached hydrogen (secondary N) is 1. The Labute approximate surface area is 124 Å². The number of thiocarbonyl (C=S) groups is 1. The molecule has 1 rings (SSSR count). The lowest BCUT2D eigenvalue weighted by Gasteiger charge is -2.13.